The molecular formula is C11H12ClN3O. The number of aryl methyl sites for hydroxylation is 1. The van der Waals surface area contributed by atoms with E-state index in [0.717, 1.165) is 23.7 Å². The summed E-state index contributed by atoms with van der Waals surface area (Å²) in [5, 5.41) is 8.23. The van der Waals surface area contributed by atoms with Gasteiger partial charge in [-0.05, 0) is 23.7 Å². The van der Waals surface area contributed by atoms with Gasteiger partial charge in [0.2, 0.25) is 5.28 Å². The minimum Gasteiger partial charge on any atom is -0.497 e. The monoisotopic (exact) mass is 237 g/mol. The predicted molar refractivity (Wildman–Crippen MR) is 62.3 cm³/mol. The molecule has 2 rings (SSSR count). The molecule has 0 spiro atoms. The summed E-state index contributed by atoms with van der Waals surface area (Å²) in [6, 6.07) is 7.63. The van der Waals surface area contributed by atoms with Gasteiger partial charge in [0.05, 0.1) is 12.8 Å². The van der Waals surface area contributed by atoms with E-state index in [-0.39, 0.29) is 0 Å². The summed E-state index contributed by atoms with van der Waals surface area (Å²) in [6.07, 6.45) is 0.775. The molecule has 16 heavy (non-hydrogen) atoms. The molecule has 0 fully saturated rings. The van der Waals surface area contributed by atoms with Crippen LogP contribution in [-0.2, 0) is 6.42 Å². The van der Waals surface area contributed by atoms with Gasteiger partial charge in [-0.1, -0.05) is 13.0 Å². The molecule has 0 aliphatic rings. The average Bonchev–Trinajstić information content (AvgIpc) is 2.70. The van der Waals surface area contributed by atoms with E-state index in [2.05, 4.69) is 10.2 Å². The Hall–Kier alpha value is -1.55. The second-order valence-corrected chi connectivity index (χ2v) is 3.61. The molecule has 0 aliphatic heterocycles. The lowest BCUT2D eigenvalue weighted by Crippen LogP contribution is -2.00. The summed E-state index contributed by atoms with van der Waals surface area (Å²) in [4.78, 5) is 0. The molecule has 1 heterocycles. The van der Waals surface area contributed by atoms with Crippen LogP contribution in [0.25, 0.3) is 5.69 Å². The normalized spacial score (nSPS) is 10.4. The molecule has 0 atom stereocenters. The molecule has 0 saturated heterocycles. The lowest BCUT2D eigenvalue weighted by atomic mass is 10.3. The van der Waals surface area contributed by atoms with Gasteiger partial charge in [-0.25, -0.2) is 0 Å². The van der Waals surface area contributed by atoms with Crippen LogP contribution in [-0.4, -0.2) is 21.9 Å². The van der Waals surface area contributed by atoms with Crippen molar-refractivity contribution in [2.24, 2.45) is 0 Å². The summed E-state index contributed by atoms with van der Waals surface area (Å²) < 4.78 is 6.98. The van der Waals surface area contributed by atoms with Crippen LogP contribution in [0.15, 0.2) is 24.3 Å². The molecule has 0 bridgehead atoms. The first-order valence-electron chi connectivity index (χ1n) is 5.00. The van der Waals surface area contributed by atoms with Crippen molar-refractivity contribution in [2.75, 3.05) is 7.11 Å². The summed E-state index contributed by atoms with van der Waals surface area (Å²) >= 11 is 6.00. The van der Waals surface area contributed by atoms with Crippen LogP contribution in [0.1, 0.15) is 12.7 Å². The van der Waals surface area contributed by atoms with Crippen LogP contribution in [0.2, 0.25) is 5.28 Å². The van der Waals surface area contributed by atoms with Crippen molar-refractivity contribution in [3.05, 3.63) is 35.4 Å². The number of hydrogen-bond donors (Lipinski definition) is 0. The van der Waals surface area contributed by atoms with Crippen molar-refractivity contribution in [1.82, 2.24) is 14.8 Å². The molecule has 2 aromatic rings. The minimum atomic E-state index is 0.366. The van der Waals surface area contributed by atoms with Crippen molar-refractivity contribution in [2.45, 2.75) is 13.3 Å². The molecular weight excluding hydrogens is 226 g/mol. The summed E-state index contributed by atoms with van der Waals surface area (Å²) in [7, 11) is 1.63. The van der Waals surface area contributed by atoms with E-state index >= 15 is 0 Å². The Morgan fingerprint density at radius 2 is 2.19 bits per heavy atom. The van der Waals surface area contributed by atoms with Gasteiger partial charge < -0.3 is 4.74 Å². The molecule has 5 heteroatoms. The van der Waals surface area contributed by atoms with Crippen molar-refractivity contribution in [1.29, 1.82) is 0 Å². The zero-order valence-corrected chi connectivity index (χ0v) is 9.90. The van der Waals surface area contributed by atoms with Gasteiger partial charge in [0.25, 0.3) is 0 Å². The number of methoxy groups -OCH3 is 1. The number of ether oxygens (including phenoxy) is 1. The molecule has 0 aliphatic carbocycles. The maximum atomic E-state index is 6.00. The summed E-state index contributed by atoms with van der Waals surface area (Å²) in [5.41, 5.74) is 0.909. The van der Waals surface area contributed by atoms with Crippen molar-refractivity contribution in [3.63, 3.8) is 0 Å². The van der Waals surface area contributed by atoms with Crippen LogP contribution in [0.5, 0.6) is 5.75 Å². The van der Waals surface area contributed by atoms with Gasteiger partial charge in [-0.3, -0.25) is 4.57 Å². The molecule has 1 aromatic carbocycles. The van der Waals surface area contributed by atoms with E-state index < -0.39 is 0 Å². The Morgan fingerprint density at radius 1 is 1.38 bits per heavy atom. The van der Waals surface area contributed by atoms with Gasteiger partial charge in [0.15, 0.2) is 0 Å². The fourth-order valence-corrected chi connectivity index (χ4v) is 1.76. The summed E-state index contributed by atoms with van der Waals surface area (Å²) in [6.45, 7) is 2.01. The maximum Gasteiger partial charge on any atom is 0.229 e. The van der Waals surface area contributed by atoms with Crippen molar-refractivity contribution >= 4 is 11.6 Å². The second kappa shape index (κ2) is 4.53. The topological polar surface area (TPSA) is 39.9 Å². The second-order valence-electron chi connectivity index (χ2n) is 3.28. The third-order valence-electron chi connectivity index (χ3n) is 2.32. The Balaban J connectivity index is 2.53. The van der Waals surface area contributed by atoms with E-state index in [4.69, 9.17) is 16.3 Å². The molecule has 0 amide bonds. The number of rotatable bonds is 3. The van der Waals surface area contributed by atoms with E-state index in [9.17, 15) is 0 Å². The highest BCUT2D eigenvalue weighted by Crippen LogP contribution is 2.21. The van der Waals surface area contributed by atoms with Gasteiger partial charge in [-0.2, -0.15) is 0 Å². The molecule has 84 valence electrons. The molecule has 4 nitrogen and oxygen atoms in total. The lowest BCUT2D eigenvalue weighted by Gasteiger charge is -2.07. The fourth-order valence-electron chi connectivity index (χ4n) is 1.53. The first-order valence-corrected chi connectivity index (χ1v) is 5.38. The van der Waals surface area contributed by atoms with Crippen LogP contribution >= 0.6 is 11.6 Å². The Kier molecular flexibility index (Phi) is 3.10. The quantitative estimate of drug-likeness (QED) is 0.824. The third-order valence-corrected chi connectivity index (χ3v) is 2.56. The predicted octanol–water partition coefficient (Wildman–Crippen LogP) is 2.49. The van der Waals surface area contributed by atoms with Crippen LogP contribution in [0.4, 0.5) is 0 Å². The van der Waals surface area contributed by atoms with Gasteiger partial charge in [-0.15, -0.1) is 10.2 Å². The highest BCUT2D eigenvalue weighted by atomic mass is 35.5. The maximum absolute atomic E-state index is 6.00. The first-order chi connectivity index (χ1) is 7.76. The number of benzene rings is 1. The van der Waals surface area contributed by atoms with Crippen molar-refractivity contribution in [3.8, 4) is 11.4 Å². The molecule has 0 unspecified atom stereocenters. The van der Waals surface area contributed by atoms with E-state index in [0.29, 0.717) is 5.28 Å². The Bertz CT molecular complexity index is 496. The fraction of sp³-hybridized carbons (Fsp3) is 0.273. The van der Waals surface area contributed by atoms with Crippen LogP contribution in [0, 0.1) is 0 Å². The zero-order valence-electron chi connectivity index (χ0n) is 9.14. The van der Waals surface area contributed by atoms with E-state index in [1.165, 1.54) is 0 Å². The molecule has 1 aromatic heterocycles. The standard InChI is InChI=1S/C11H12ClN3O/c1-3-10-13-14-11(12)15(10)8-5-4-6-9(7-8)16-2/h4-7H,3H2,1-2H3. The van der Waals surface area contributed by atoms with Crippen molar-refractivity contribution < 1.29 is 4.74 Å². The molecule has 0 N–H and O–H groups in total. The van der Waals surface area contributed by atoms with Gasteiger partial charge >= 0.3 is 0 Å². The Morgan fingerprint density at radius 3 is 2.88 bits per heavy atom. The number of aromatic nitrogens is 3. The third kappa shape index (κ3) is 1.88. The van der Waals surface area contributed by atoms with E-state index in [1.807, 2.05) is 35.8 Å². The average molecular weight is 238 g/mol. The van der Waals surface area contributed by atoms with Crippen LogP contribution < -0.4 is 4.74 Å². The highest BCUT2D eigenvalue weighted by Gasteiger charge is 2.10. The number of nitrogens with zero attached hydrogens (tertiary/aromatic N) is 3. The SMILES string of the molecule is CCc1nnc(Cl)n1-c1cccc(OC)c1. The van der Waals surface area contributed by atoms with E-state index in [1.54, 1.807) is 7.11 Å². The lowest BCUT2D eigenvalue weighted by molar-refractivity contribution is 0.414. The largest absolute Gasteiger partial charge is 0.497 e. The Labute approximate surface area is 98.8 Å². The van der Waals surface area contributed by atoms with Crippen LogP contribution in [0.3, 0.4) is 0 Å². The number of halogens is 1. The first kappa shape index (κ1) is 11.0. The zero-order chi connectivity index (χ0) is 11.5. The highest BCUT2D eigenvalue weighted by molar-refractivity contribution is 6.28. The smallest absolute Gasteiger partial charge is 0.229 e. The summed E-state index contributed by atoms with van der Waals surface area (Å²) in [5.74, 6) is 1.61. The minimum absolute atomic E-state index is 0.366. The number of hydrogen-bond acceptors (Lipinski definition) is 3. The molecule has 0 radical (unpaired) electrons. The molecule has 0 saturated carbocycles. The van der Waals surface area contributed by atoms with Gasteiger partial charge in [0, 0.05) is 12.5 Å². The van der Waals surface area contributed by atoms with Gasteiger partial charge in [0.1, 0.15) is 11.6 Å².